The van der Waals surface area contributed by atoms with Crippen molar-refractivity contribution in [2.75, 3.05) is 13.1 Å². The molecule has 0 unspecified atom stereocenters. The molecule has 0 N–H and O–H groups in total. The summed E-state index contributed by atoms with van der Waals surface area (Å²) in [5.74, 6) is 1.14. The lowest BCUT2D eigenvalue weighted by molar-refractivity contribution is 0.639. The SMILES string of the molecule is C1=C(c2cccs2)N2CCN=C2c2ccccc21. The normalized spacial score (nSPS) is 17.0. The molecule has 3 heterocycles. The Morgan fingerprint density at radius 1 is 1.11 bits per heavy atom. The van der Waals surface area contributed by atoms with Crippen LogP contribution in [0, 0.1) is 0 Å². The van der Waals surface area contributed by atoms with Gasteiger partial charge in [0.15, 0.2) is 0 Å². The van der Waals surface area contributed by atoms with Gasteiger partial charge in [0.25, 0.3) is 0 Å². The monoisotopic (exact) mass is 252 g/mol. The maximum Gasteiger partial charge on any atom is 0.136 e. The van der Waals surface area contributed by atoms with Crippen molar-refractivity contribution >= 4 is 28.9 Å². The largest absolute Gasteiger partial charge is 0.323 e. The van der Waals surface area contributed by atoms with Crippen molar-refractivity contribution in [2.45, 2.75) is 0 Å². The van der Waals surface area contributed by atoms with E-state index in [1.54, 1.807) is 11.3 Å². The molecule has 0 fully saturated rings. The Balaban J connectivity index is 1.95. The van der Waals surface area contributed by atoms with Gasteiger partial charge in [0.1, 0.15) is 5.84 Å². The van der Waals surface area contributed by atoms with Crippen molar-refractivity contribution in [3.63, 3.8) is 0 Å². The molecule has 1 aromatic heterocycles. The van der Waals surface area contributed by atoms with Crippen molar-refractivity contribution in [1.82, 2.24) is 4.90 Å². The van der Waals surface area contributed by atoms with E-state index in [-0.39, 0.29) is 0 Å². The average molecular weight is 252 g/mol. The molecule has 0 spiro atoms. The number of hydrogen-bond donors (Lipinski definition) is 0. The molecule has 1 aromatic carbocycles. The predicted molar refractivity (Wildman–Crippen MR) is 76.7 cm³/mol. The first kappa shape index (κ1) is 10.1. The molecule has 0 bridgehead atoms. The van der Waals surface area contributed by atoms with Gasteiger partial charge in [-0.3, -0.25) is 4.99 Å². The van der Waals surface area contributed by atoms with Gasteiger partial charge >= 0.3 is 0 Å². The molecular formula is C15H12N2S. The Labute approximate surface area is 110 Å². The van der Waals surface area contributed by atoms with Crippen LogP contribution in [0.4, 0.5) is 0 Å². The summed E-state index contributed by atoms with van der Waals surface area (Å²) in [6.07, 6.45) is 2.28. The summed E-state index contributed by atoms with van der Waals surface area (Å²) in [4.78, 5) is 8.33. The zero-order valence-corrected chi connectivity index (χ0v) is 10.7. The third-order valence-electron chi connectivity index (χ3n) is 3.40. The van der Waals surface area contributed by atoms with Gasteiger partial charge in [-0.15, -0.1) is 11.3 Å². The molecule has 88 valence electrons. The van der Waals surface area contributed by atoms with Crippen molar-refractivity contribution < 1.29 is 0 Å². The van der Waals surface area contributed by atoms with Gasteiger partial charge in [0.05, 0.1) is 17.1 Å². The van der Waals surface area contributed by atoms with Gasteiger partial charge in [-0.2, -0.15) is 0 Å². The van der Waals surface area contributed by atoms with Crippen molar-refractivity contribution in [2.24, 2.45) is 4.99 Å². The molecule has 0 aliphatic carbocycles. The van der Waals surface area contributed by atoms with Gasteiger partial charge in [-0.25, -0.2) is 0 Å². The fraction of sp³-hybridized carbons (Fsp3) is 0.133. The minimum absolute atomic E-state index is 0.895. The van der Waals surface area contributed by atoms with E-state index in [0.717, 1.165) is 18.9 Å². The second-order valence-electron chi connectivity index (χ2n) is 4.45. The van der Waals surface area contributed by atoms with E-state index in [4.69, 9.17) is 0 Å². The van der Waals surface area contributed by atoms with Crippen LogP contribution in [0.15, 0.2) is 46.8 Å². The summed E-state index contributed by atoms with van der Waals surface area (Å²) in [5, 5.41) is 2.13. The van der Waals surface area contributed by atoms with E-state index >= 15 is 0 Å². The standard InChI is InChI=1S/C15H12N2S/c1-2-5-12-11(4-1)10-13(14-6-3-9-18-14)17-8-7-16-15(12)17/h1-6,9-10H,7-8H2. The fourth-order valence-electron chi connectivity index (χ4n) is 2.59. The van der Waals surface area contributed by atoms with Crippen LogP contribution in [0.25, 0.3) is 11.8 Å². The molecule has 2 aliphatic heterocycles. The Hall–Kier alpha value is -1.87. The number of amidine groups is 1. The van der Waals surface area contributed by atoms with Gasteiger partial charge in [-0.1, -0.05) is 30.3 Å². The second kappa shape index (κ2) is 3.82. The summed E-state index contributed by atoms with van der Waals surface area (Å²) >= 11 is 1.79. The lowest BCUT2D eigenvalue weighted by Crippen LogP contribution is -2.29. The minimum atomic E-state index is 0.895. The van der Waals surface area contributed by atoms with Gasteiger partial charge in [-0.05, 0) is 23.1 Å². The number of benzene rings is 1. The molecule has 2 aliphatic rings. The summed E-state index contributed by atoms with van der Waals surface area (Å²) < 4.78 is 0. The number of fused-ring (bicyclic) bond motifs is 3. The van der Waals surface area contributed by atoms with Crippen LogP contribution in [0.3, 0.4) is 0 Å². The highest BCUT2D eigenvalue weighted by Gasteiger charge is 2.28. The molecule has 0 atom stereocenters. The van der Waals surface area contributed by atoms with Crippen LogP contribution in [-0.2, 0) is 0 Å². The Kier molecular flexibility index (Phi) is 2.14. The molecule has 18 heavy (non-hydrogen) atoms. The first-order valence-corrected chi connectivity index (χ1v) is 6.98. The Morgan fingerprint density at radius 2 is 2.06 bits per heavy atom. The van der Waals surface area contributed by atoms with Gasteiger partial charge in [0.2, 0.25) is 0 Å². The Bertz CT molecular complexity index is 653. The second-order valence-corrected chi connectivity index (χ2v) is 5.40. The molecule has 3 heteroatoms. The molecule has 2 aromatic rings. The summed E-state index contributed by atoms with van der Waals surface area (Å²) in [6, 6.07) is 12.8. The molecule has 0 amide bonds. The van der Waals surface area contributed by atoms with Crippen LogP contribution < -0.4 is 0 Å². The lowest BCUT2D eigenvalue weighted by atomic mass is 10.00. The molecule has 0 saturated heterocycles. The van der Waals surface area contributed by atoms with Crippen LogP contribution in [-0.4, -0.2) is 23.8 Å². The topological polar surface area (TPSA) is 15.6 Å². The van der Waals surface area contributed by atoms with E-state index in [1.165, 1.54) is 21.7 Å². The number of hydrogen-bond acceptors (Lipinski definition) is 3. The number of nitrogens with zero attached hydrogens (tertiary/aromatic N) is 2. The van der Waals surface area contributed by atoms with Crippen LogP contribution in [0.5, 0.6) is 0 Å². The van der Waals surface area contributed by atoms with E-state index in [2.05, 4.69) is 57.7 Å². The first-order valence-electron chi connectivity index (χ1n) is 6.10. The quantitative estimate of drug-likeness (QED) is 0.760. The van der Waals surface area contributed by atoms with Crippen LogP contribution in [0.1, 0.15) is 16.0 Å². The van der Waals surface area contributed by atoms with E-state index in [1.807, 2.05) is 0 Å². The summed E-state index contributed by atoms with van der Waals surface area (Å²) in [5.41, 5.74) is 3.83. The maximum atomic E-state index is 4.67. The molecule has 0 saturated carbocycles. The molecule has 2 nitrogen and oxygen atoms in total. The third-order valence-corrected chi connectivity index (χ3v) is 4.29. The lowest BCUT2D eigenvalue weighted by Gasteiger charge is -2.28. The average Bonchev–Trinajstić information content (AvgIpc) is 3.09. The van der Waals surface area contributed by atoms with E-state index < -0.39 is 0 Å². The minimum Gasteiger partial charge on any atom is -0.323 e. The van der Waals surface area contributed by atoms with E-state index in [9.17, 15) is 0 Å². The molecule has 0 radical (unpaired) electrons. The first-order chi connectivity index (χ1) is 8.93. The highest BCUT2D eigenvalue weighted by Crippen LogP contribution is 2.34. The number of rotatable bonds is 1. The Morgan fingerprint density at radius 3 is 2.94 bits per heavy atom. The summed E-state index contributed by atoms with van der Waals surface area (Å²) in [6.45, 7) is 1.89. The van der Waals surface area contributed by atoms with Gasteiger partial charge < -0.3 is 4.90 Å². The van der Waals surface area contributed by atoms with Crippen LogP contribution >= 0.6 is 11.3 Å². The third kappa shape index (κ3) is 1.37. The highest BCUT2D eigenvalue weighted by molar-refractivity contribution is 7.11. The molecule has 4 rings (SSSR count). The fourth-order valence-corrected chi connectivity index (χ4v) is 3.34. The zero-order valence-electron chi connectivity index (χ0n) is 9.84. The number of thiophene rings is 1. The predicted octanol–water partition coefficient (Wildman–Crippen LogP) is 3.32. The maximum absolute atomic E-state index is 4.67. The van der Waals surface area contributed by atoms with Crippen molar-refractivity contribution in [3.05, 3.63) is 57.8 Å². The van der Waals surface area contributed by atoms with Gasteiger partial charge in [0, 0.05) is 12.1 Å². The zero-order chi connectivity index (χ0) is 11.9. The summed E-state index contributed by atoms with van der Waals surface area (Å²) in [7, 11) is 0. The van der Waals surface area contributed by atoms with Crippen molar-refractivity contribution in [3.8, 4) is 0 Å². The van der Waals surface area contributed by atoms with Crippen molar-refractivity contribution in [1.29, 1.82) is 0 Å². The van der Waals surface area contributed by atoms with E-state index in [0.29, 0.717) is 0 Å². The van der Waals surface area contributed by atoms with Crippen LogP contribution in [0.2, 0.25) is 0 Å². The smallest absolute Gasteiger partial charge is 0.136 e. The molecular weight excluding hydrogens is 240 g/mol. The highest BCUT2D eigenvalue weighted by atomic mass is 32.1. The number of aliphatic imine (C=N–C) groups is 1.